The normalized spacial score (nSPS) is 48.2. The highest BCUT2D eigenvalue weighted by Gasteiger charge is 2.75. The Bertz CT molecular complexity index is 961. The van der Waals surface area contributed by atoms with E-state index in [-0.39, 0.29) is 41.6 Å². The Labute approximate surface area is 192 Å². The minimum Gasteiger partial charge on any atom is -0.454 e. The van der Waals surface area contributed by atoms with Crippen LogP contribution in [0.1, 0.15) is 59.3 Å². The molecular weight excluding hydrogens is 434 g/mol. The zero-order chi connectivity index (χ0) is 23.9. The second-order valence-corrected chi connectivity index (χ2v) is 10.9. The summed E-state index contributed by atoms with van der Waals surface area (Å²) in [5.41, 5.74) is -4.74. The molecule has 182 valence electrons. The molecule has 0 aromatic rings. The summed E-state index contributed by atoms with van der Waals surface area (Å²) in [6.07, 6.45) is -0.687. The van der Waals surface area contributed by atoms with Crippen molar-refractivity contribution >= 4 is 11.6 Å². The fraction of sp³-hybridized carbons (Fsp3) is 0.760. The molecule has 4 aliphatic carbocycles. The van der Waals surface area contributed by atoms with Gasteiger partial charge in [-0.05, 0) is 62.0 Å². The number of aliphatic hydroxyl groups excluding tert-OH is 2. The first-order chi connectivity index (χ1) is 15.5. The SMILES string of the molecule is CCCC1OC2=C(O1)[C@@]1(C)C(=CC2=O)[C@@H](F)C[C@H]2[C@@H]3CC[C@@H](C(=O)CO)[C@@]3(C)C[C@H](O)[C@@]21F. The quantitative estimate of drug-likeness (QED) is 0.661. The van der Waals surface area contributed by atoms with Gasteiger partial charge >= 0.3 is 0 Å². The number of carbonyl (C=O) groups is 2. The van der Waals surface area contributed by atoms with Gasteiger partial charge in [-0.15, -0.1) is 0 Å². The zero-order valence-electron chi connectivity index (χ0n) is 19.3. The standard InChI is InChI=1S/C25H32F2O6/c1-4-5-20-32-21-17(29)9-15-16(26)8-14-12-6-7-13(18(30)11-28)23(12,2)10-19(31)25(14,27)24(15,3)22(21)33-20/h9,12-14,16,19-20,28,31H,4-8,10-11H2,1-3H3/t12-,13-,14-,16-,19-,20?,23-,24+,25-/m0/s1. The highest BCUT2D eigenvalue weighted by atomic mass is 19.1. The van der Waals surface area contributed by atoms with Gasteiger partial charge in [0.1, 0.15) is 12.8 Å². The fourth-order valence-corrected chi connectivity index (χ4v) is 7.90. The minimum atomic E-state index is -2.30. The second-order valence-electron chi connectivity index (χ2n) is 10.9. The summed E-state index contributed by atoms with van der Waals surface area (Å²) in [5, 5.41) is 20.9. The van der Waals surface area contributed by atoms with Crippen molar-refractivity contribution in [2.45, 2.75) is 83.5 Å². The molecule has 1 heterocycles. The predicted octanol–water partition coefficient (Wildman–Crippen LogP) is 3.31. The Balaban J connectivity index is 1.62. The number of carbonyl (C=O) groups excluding carboxylic acids is 2. The van der Waals surface area contributed by atoms with Gasteiger partial charge in [-0.1, -0.05) is 13.8 Å². The zero-order valence-corrected chi connectivity index (χ0v) is 19.3. The van der Waals surface area contributed by atoms with Crippen LogP contribution in [0.25, 0.3) is 0 Å². The molecule has 0 radical (unpaired) electrons. The van der Waals surface area contributed by atoms with Crippen molar-refractivity contribution in [2.24, 2.45) is 28.6 Å². The van der Waals surface area contributed by atoms with Crippen molar-refractivity contribution < 1.29 is 38.1 Å². The number of rotatable bonds is 4. The van der Waals surface area contributed by atoms with Gasteiger partial charge in [-0.25, -0.2) is 8.78 Å². The lowest BCUT2D eigenvalue weighted by Crippen LogP contribution is -2.69. The molecule has 0 aromatic carbocycles. The molecule has 33 heavy (non-hydrogen) atoms. The Hall–Kier alpha value is -1.80. The largest absolute Gasteiger partial charge is 0.454 e. The van der Waals surface area contributed by atoms with E-state index in [1.54, 1.807) is 0 Å². The summed E-state index contributed by atoms with van der Waals surface area (Å²) in [6, 6.07) is 0. The van der Waals surface area contributed by atoms with E-state index in [1.807, 2.05) is 13.8 Å². The number of halogens is 2. The first-order valence-corrected chi connectivity index (χ1v) is 12.0. The predicted molar refractivity (Wildman–Crippen MR) is 113 cm³/mol. The maximum absolute atomic E-state index is 17.5. The Morgan fingerprint density at radius 2 is 1.97 bits per heavy atom. The van der Waals surface area contributed by atoms with Crippen LogP contribution in [0.4, 0.5) is 8.78 Å². The summed E-state index contributed by atoms with van der Waals surface area (Å²) < 4.78 is 44.9. The summed E-state index contributed by atoms with van der Waals surface area (Å²) in [6.45, 7) is 4.70. The molecule has 8 heteroatoms. The maximum Gasteiger partial charge on any atom is 0.241 e. The van der Waals surface area contributed by atoms with Crippen LogP contribution in [0.15, 0.2) is 23.2 Å². The second kappa shape index (κ2) is 7.35. The van der Waals surface area contributed by atoms with Crippen LogP contribution in [0, 0.1) is 28.6 Å². The monoisotopic (exact) mass is 466 g/mol. The van der Waals surface area contributed by atoms with E-state index in [0.717, 1.165) is 12.5 Å². The van der Waals surface area contributed by atoms with E-state index in [9.17, 15) is 19.8 Å². The van der Waals surface area contributed by atoms with Crippen LogP contribution < -0.4 is 0 Å². The van der Waals surface area contributed by atoms with E-state index >= 15 is 8.78 Å². The lowest BCUT2D eigenvalue weighted by molar-refractivity contribution is -0.213. The van der Waals surface area contributed by atoms with Gasteiger partial charge < -0.3 is 19.7 Å². The van der Waals surface area contributed by atoms with E-state index in [4.69, 9.17) is 9.47 Å². The third-order valence-corrected chi connectivity index (χ3v) is 9.43. The number of ether oxygens (including phenoxy) is 2. The number of hydrogen-bond acceptors (Lipinski definition) is 6. The summed E-state index contributed by atoms with van der Waals surface area (Å²) >= 11 is 0. The fourth-order valence-electron chi connectivity index (χ4n) is 7.90. The lowest BCUT2D eigenvalue weighted by atomic mass is 9.44. The maximum atomic E-state index is 17.5. The van der Waals surface area contributed by atoms with E-state index in [0.29, 0.717) is 19.3 Å². The number of ketones is 2. The molecule has 0 amide bonds. The molecular formula is C25H32F2O6. The van der Waals surface area contributed by atoms with Gasteiger partial charge in [0, 0.05) is 18.3 Å². The number of alkyl halides is 2. The summed E-state index contributed by atoms with van der Waals surface area (Å²) in [5.74, 6) is -2.69. The average molecular weight is 467 g/mol. The molecule has 5 aliphatic rings. The van der Waals surface area contributed by atoms with Gasteiger partial charge in [0.15, 0.2) is 17.2 Å². The van der Waals surface area contributed by atoms with Crippen LogP contribution in [-0.4, -0.2) is 52.6 Å². The van der Waals surface area contributed by atoms with Crippen molar-refractivity contribution in [3.8, 4) is 0 Å². The van der Waals surface area contributed by atoms with Crippen molar-refractivity contribution in [1.29, 1.82) is 0 Å². The van der Waals surface area contributed by atoms with Gasteiger partial charge in [-0.2, -0.15) is 0 Å². The molecule has 0 spiro atoms. The molecule has 2 N–H and O–H groups in total. The molecule has 0 bridgehead atoms. The first kappa shape index (κ1) is 23.0. The third-order valence-electron chi connectivity index (χ3n) is 9.43. The molecule has 0 aromatic heterocycles. The Kier molecular flexibility index (Phi) is 5.11. The van der Waals surface area contributed by atoms with E-state index in [1.165, 1.54) is 6.92 Å². The number of fused-ring (bicyclic) bond motifs is 6. The molecule has 0 saturated heterocycles. The number of allylic oxidation sites excluding steroid dienone is 2. The minimum absolute atomic E-state index is 0.00520. The first-order valence-electron chi connectivity index (χ1n) is 12.0. The number of aliphatic hydroxyl groups is 2. The number of hydrogen-bond donors (Lipinski definition) is 2. The van der Waals surface area contributed by atoms with Crippen molar-refractivity contribution in [3.63, 3.8) is 0 Å². The molecule has 9 atom stereocenters. The Morgan fingerprint density at radius 1 is 1.24 bits per heavy atom. The Morgan fingerprint density at radius 3 is 2.64 bits per heavy atom. The lowest BCUT2D eigenvalue weighted by Gasteiger charge is -2.62. The summed E-state index contributed by atoms with van der Waals surface area (Å²) in [7, 11) is 0. The highest BCUT2D eigenvalue weighted by Crippen LogP contribution is 2.71. The molecule has 3 fully saturated rings. The molecule has 1 unspecified atom stereocenters. The highest BCUT2D eigenvalue weighted by molar-refractivity contribution is 6.05. The van der Waals surface area contributed by atoms with Crippen LogP contribution in [0.3, 0.4) is 0 Å². The average Bonchev–Trinajstić information content (AvgIpc) is 3.34. The third kappa shape index (κ3) is 2.71. The molecule has 5 rings (SSSR count). The topological polar surface area (TPSA) is 93.1 Å². The number of Topliss-reactive ketones (excluding diaryl/α,β-unsaturated/α-hetero) is 1. The van der Waals surface area contributed by atoms with E-state index < -0.39 is 59.3 Å². The van der Waals surface area contributed by atoms with Crippen molar-refractivity contribution in [2.75, 3.05) is 6.61 Å². The van der Waals surface area contributed by atoms with Crippen LogP contribution in [0.2, 0.25) is 0 Å². The van der Waals surface area contributed by atoms with E-state index in [2.05, 4.69) is 0 Å². The van der Waals surface area contributed by atoms with Crippen LogP contribution >= 0.6 is 0 Å². The smallest absolute Gasteiger partial charge is 0.241 e. The van der Waals surface area contributed by atoms with Gasteiger partial charge in [0.05, 0.1) is 11.5 Å². The van der Waals surface area contributed by atoms with Gasteiger partial charge in [-0.3, -0.25) is 9.59 Å². The molecule has 3 saturated carbocycles. The summed E-state index contributed by atoms with van der Waals surface area (Å²) in [4.78, 5) is 25.2. The molecule has 6 nitrogen and oxygen atoms in total. The van der Waals surface area contributed by atoms with Crippen molar-refractivity contribution in [3.05, 3.63) is 23.2 Å². The van der Waals surface area contributed by atoms with Crippen molar-refractivity contribution in [1.82, 2.24) is 0 Å². The van der Waals surface area contributed by atoms with Gasteiger partial charge in [0.2, 0.25) is 17.8 Å². The molecule has 1 aliphatic heterocycles. The van der Waals surface area contributed by atoms with Crippen LogP contribution in [0.5, 0.6) is 0 Å². The van der Waals surface area contributed by atoms with Gasteiger partial charge in [0.25, 0.3) is 0 Å². The van der Waals surface area contributed by atoms with Crippen LogP contribution in [-0.2, 0) is 19.1 Å².